The maximum atomic E-state index is 5.20. The second-order valence-corrected chi connectivity index (χ2v) is 1.51. The minimum absolute atomic E-state index is 0.644. The van der Waals surface area contributed by atoms with E-state index in [0.717, 1.165) is 13.1 Å². The van der Waals surface area contributed by atoms with Crippen molar-refractivity contribution in [2.45, 2.75) is 6.92 Å². The van der Waals surface area contributed by atoms with Gasteiger partial charge in [0.05, 0.1) is 0 Å². The van der Waals surface area contributed by atoms with Crippen molar-refractivity contribution in [2.24, 2.45) is 5.73 Å². The van der Waals surface area contributed by atoms with Gasteiger partial charge in [-0.05, 0) is 6.54 Å². The average Bonchev–Trinajstić information content (AvgIpc) is 1.81. The molecule has 0 aliphatic carbocycles. The van der Waals surface area contributed by atoms with Gasteiger partial charge in [-0.3, -0.25) is 0 Å². The Kier molecular flexibility index (Phi) is 6.38. The number of nitrogens with one attached hydrogen (secondary N) is 1. The molecular weight excluding hydrogens is 100 g/mol. The molecule has 0 saturated carbocycles. The Morgan fingerprint density at radius 2 is 2.25 bits per heavy atom. The van der Waals surface area contributed by atoms with Crippen LogP contribution in [0.2, 0.25) is 0 Å². The van der Waals surface area contributed by atoms with Gasteiger partial charge in [0.1, 0.15) is 0 Å². The first kappa shape index (κ1) is 7.66. The molecule has 0 radical (unpaired) electrons. The molecular formula is C6H14N2. The number of nitrogens with two attached hydrogens (primary N) is 1. The lowest BCUT2D eigenvalue weighted by atomic mass is 10.5. The third-order valence-corrected chi connectivity index (χ3v) is 0.815. The lowest BCUT2D eigenvalue weighted by Gasteiger charge is -1.90. The molecule has 3 N–H and O–H groups in total. The molecule has 8 heavy (non-hydrogen) atoms. The molecule has 0 heterocycles. The maximum absolute atomic E-state index is 5.20. The van der Waals surface area contributed by atoms with Crippen LogP contribution in [-0.4, -0.2) is 19.6 Å². The Morgan fingerprint density at radius 1 is 1.50 bits per heavy atom. The Labute approximate surface area is 50.8 Å². The Hall–Kier alpha value is -0.340. The Morgan fingerprint density at radius 3 is 2.75 bits per heavy atom. The third-order valence-electron chi connectivity index (χ3n) is 0.815. The van der Waals surface area contributed by atoms with Gasteiger partial charge in [-0.15, -0.1) is 0 Å². The molecule has 48 valence electrons. The van der Waals surface area contributed by atoms with Crippen molar-refractivity contribution in [1.29, 1.82) is 0 Å². The van der Waals surface area contributed by atoms with Crippen molar-refractivity contribution >= 4 is 0 Å². The maximum Gasteiger partial charge on any atom is 0.0135 e. The van der Waals surface area contributed by atoms with E-state index in [2.05, 4.69) is 12.2 Å². The third kappa shape index (κ3) is 5.66. The summed E-state index contributed by atoms with van der Waals surface area (Å²) in [6.45, 7) is 4.68. The van der Waals surface area contributed by atoms with Crippen molar-refractivity contribution in [3.05, 3.63) is 12.2 Å². The number of hydrogen-bond acceptors (Lipinski definition) is 2. The highest BCUT2D eigenvalue weighted by Crippen LogP contribution is 1.64. The van der Waals surface area contributed by atoms with E-state index >= 15 is 0 Å². The average molecular weight is 114 g/mol. The van der Waals surface area contributed by atoms with Crippen LogP contribution in [0.4, 0.5) is 0 Å². The molecule has 0 aromatic heterocycles. The lowest BCUT2D eigenvalue weighted by molar-refractivity contribution is 0.798. The van der Waals surface area contributed by atoms with Crippen molar-refractivity contribution < 1.29 is 0 Å². The highest BCUT2D eigenvalue weighted by atomic mass is 14.8. The molecule has 0 spiro atoms. The summed E-state index contributed by atoms with van der Waals surface area (Å²) in [4.78, 5) is 0. The van der Waals surface area contributed by atoms with Crippen LogP contribution in [0.5, 0.6) is 0 Å². The van der Waals surface area contributed by atoms with Crippen LogP contribution in [0.25, 0.3) is 0 Å². The molecule has 0 fully saturated rings. The monoisotopic (exact) mass is 114 g/mol. The summed E-state index contributed by atoms with van der Waals surface area (Å²) in [6, 6.07) is 0. The number of hydrogen-bond donors (Lipinski definition) is 2. The Bertz CT molecular complexity index is 59.5. The summed E-state index contributed by atoms with van der Waals surface area (Å²) in [6.07, 6.45) is 3.98. The van der Waals surface area contributed by atoms with Crippen LogP contribution in [0, 0.1) is 0 Å². The zero-order valence-electron chi connectivity index (χ0n) is 5.35. The van der Waals surface area contributed by atoms with Crippen molar-refractivity contribution in [1.82, 2.24) is 5.32 Å². The molecule has 2 nitrogen and oxygen atoms in total. The highest BCUT2D eigenvalue weighted by Gasteiger charge is 1.70. The summed E-state index contributed by atoms with van der Waals surface area (Å²) >= 11 is 0. The second-order valence-electron chi connectivity index (χ2n) is 1.51. The van der Waals surface area contributed by atoms with Gasteiger partial charge in [-0.2, -0.15) is 0 Å². The minimum atomic E-state index is 0.644. The minimum Gasteiger partial charge on any atom is -0.327 e. The van der Waals surface area contributed by atoms with E-state index in [1.807, 2.05) is 12.2 Å². The van der Waals surface area contributed by atoms with Crippen LogP contribution in [-0.2, 0) is 0 Å². The quantitative estimate of drug-likeness (QED) is 0.402. The van der Waals surface area contributed by atoms with Crippen LogP contribution in [0.15, 0.2) is 12.2 Å². The first-order valence-electron chi connectivity index (χ1n) is 2.97. The molecule has 0 aromatic carbocycles. The topological polar surface area (TPSA) is 38.0 Å². The van der Waals surface area contributed by atoms with Crippen LogP contribution in [0.3, 0.4) is 0 Å². The van der Waals surface area contributed by atoms with Gasteiger partial charge in [0.2, 0.25) is 0 Å². The van der Waals surface area contributed by atoms with Crippen molar-refractivity contribution in [2.75, 3.05) is 19.6 Å². The zero-order valence-corrected chi connectivity index (χ0v) is 5.35. The molecule has 0 aliphatic rings. The van der Waals surface area contributed by atoms with Crippen LogP contribution < -0.4 is 11.1 Å². The highest BCUT2D eigenvalue weighted by molar-refractivity contribution is 4.83. The van der Waals surface area contributed by atoms with Gasteiger partial charge in [-0.25, -0.2) is 0 Å². The molecule has 0 saturated heterocycles. The molecule has 0 amide bonds. The first-order chi connectivity index (χ1) is 3.91. The Balaban J connectivity index is 2.80. The normalized spacial score (nSPS) is 10.8. The molecule has 0 unspecified atom stereocenters. The van der Waals surface area contributed by atoms with Gasteiger partial charge >= 0.3 is 0 Å². The van der Waals surface area contributed by atoms with Gasteiger partial charge in [0.15, 0.2) is 0 Å². The molecule has 2 heteroatoms. The van der Waals surface area contributed by atoms with Crippen LogP contribution in [0.1, 0.15) is 6.92 Å². The molecule has 0 aliphatic heterocycles. The fraction of sp³-hybridized carbons (Fsp3) is 0.667. The zero-order chi connectivity index (χ0) is 6.24. The summed E-state index contributed by atoms with van der Waals surface area (Å²) in [7, 11) is 0. The number of rotatable bonds is 4. The van der Waals surface area contributed by atoms with E-state index in [1.54, 1.807) is 0 Å². The van der Waals surface area contributed by atoms with E-state index in [0.29, 0.717) is 6.54 Å². The molecule has 0 aromatic rings. The van der Waals surface area contributed by atoms with E-state index in [9.17, 15) is 0 Å². The van der Waals surface area contributed by atoms with Gasteiger partial charge in [0.25, 0.3) is 0 Å². The van der Waals surface area contributed by atoms with Crippen LogP contribution >= 0.6 is 0 Å². The lowest BCUT2D eigenvalue weighted by Crippen LogP contribution is -2.11. The van der Waals surface area contributed by atoms with Crippen molar-refractivity contribution in [3.63, 3.8) is 0 Å². The summed E-state index contributed by atoms with van der Waals surface area (Å²) in [5.74, 6) is 0. The van der Waals surface area contributed by atoms with Gasteiger partial charge < -0.3 is 11.1 Å². The fourth-order valence-electron chi connectivity index (χ4n) is 0.407. The summed E-state index contributed by atoms with van der Waals surface area (Å²) < 4.78 is 0. The van der Waals surface area contributed by atoms with Gasteiger partial charge in [0, 0.05) is 13.1 Å². The molecule has 0 atom stereocenters. The largest absolute Gasteiger partial charge is 0.327 e. The van der Waals surface area contributed by atoms with Crippen molar-refractivity contribution in [3.8, 4) is 0 Å². The van der Waals surface area contributed by atoms with E-state index in [4.69, 9.17) is 5.73 Å². The summed E-state index contributed by atoms with van der Waals surface area (Å²) in [5, 5.41) is 3.14. The number of likely N-dealkylation sites (N-methyl/N-ethyl adjacent to an activating group) is 1. The predicted molar refractivity (Wildman–Crippen MR) is 36.7 cm³/mol. The molecule has 0 rings (SSSR count). The fourth-order valence-corrected chi connectivity index (χ4v) is 0.407. The first-order valence-corrected chi connectivity index (χ1v) is 2.97. The second kappa shape index (κ2) is 6.66. The molecule has 0 bridgehead atoms. The van der Waals surface area contributed by atoms with E-state index < -0.39 is 0 Å². The van der Waals surface area contributed by atoms with E-state index in [-0.39, 0.29) is 0 Å². The smallest absolute Gasteiger partial charge is 0.0135 e. The summed E-state index contributed by atoms with van der Waals surface area (Å²) in [5.41, 5.74) is 5.20. The SMILES string of the molecule is CCNCC=CCN. The standard InChI is InChI=1S/C6H14N2/c1-2-8-6-4-3-5-7/h3-4,8H,2,5-7H2,1H3. The van der Waals surface area contributed by atoms with Gasteiger partial charge in [-0.1, -0.05) is 19.1 Å². The predicted octanol–water partition coefficient (Wildman–Crippen LogP) is 0.111. The van der Waals surface area contributed by atoms with E-state index in [1.165, 1.54) is 0 Å².